The summed E-state index contributed by atoms with van der Waals surface area (Å²) < 4.78 is 10.6. The van der Waals surface area contributed by atoms with Gasteiger partial charge >= 0.3 is 0 Å². The third-order valence-electron chi connectivity index (χ3n) is 2.34. The molecule has 0 saturated carbocycles. The summed E-state index contributed by atoms with van der Waals surface area (Å²) in [5.41, 5.74) is 0.651. The Bertz CT molecular complexity index is 527. The average molecular weight is 250 g/mol. The van der Waals surface area contributed by atoms with Crippen LogP contribution in [-0.4, -0.2) is 32.4 Å². The molecule has 1 aromatic carbocycles. The summed E-state index contributed by atoms with van der Waals surface area (Å²) in [5.74, 6) is 1.73. The molecule has 0 aliphatic rings. The first-order chi connectivity index (χ1) is 8.72. The van der Waals surface area contributed by atoms with E-state index >= 15 is 0 Å². The first kappa shape index (κ1) is 12.3. The Morgan fingerprint density at radius 2 is 2.22 bits per heavy atom. The van der Waals surface area contributed by atoms with Crippen molar-refractivity contribution in [2.45, 2.75) is 13.2 Å². The van der Waals surface area contributed by atoms with Gasteiger partial charge in [0, 0.05) is 5.56 Å². The van der Waals surface area contributed by atoms with E-state index in [0.29, 0.717) is 22.9 Å². The zero-order valence-corrected chi connectivity index (χ0v) is 10.2. The van der Waals surface area contributed by atoms with Gasteiger partial charge in [0.1, 0.15) is 11.5 Å². The van der Waals surface area contributed by atoms with E-state index in [0.717, 1.165) is 0 Å². The fourth-order valence-corrected chi connectivity index (χ4v) is 1.47. The molecule has 0 unspecified atom stereocenters. The van der Waals surface area contributed by atoms with Crippen molar-refractivity contribution in [3.8, 4) is 11.5 Å². The van der Waals surface area contributed by atoms with E-state index in [9.17, 15) is 5.11 Å². The second-order valence-corrected chi connectivity index (χ2v) is 3.62. The Morgan fingerprint density at radius 1 is 1.39 bits per heavy atom. The van der Waals surface area contributed by atoms with Gasteiger partial charge in [-0.3, -0.25) is 0 Å². The Kier molecular flexibility index (Phi) is 3.73. The number of aromatic nitrogens is 4. The number of nitrogens with zero attached hydrogens (tertiary/aromatic N) is 4. The topological polar surface area (TPSA) is 82.3 Å². The highest BCUT2D eigenvalue weighted by Crippen LogP contribution is 2.24. The molecule has 2 aromatic rings. The maximum atomic E-state index is 9.26. The lowest BCUT2D eigenvalue weighted by Crippen LogP contribution is -2.01. The van der Waals surface area contributed by atoms with Crippen molar-refractivity contribution in [2.75, 3.05) is 7.11 Å². The van der Waals surface area contributed by atoms with Crippen molar-refractivity contribution >= 4 is 0 Å². The zero-order chi connectivity index (χ0) is 13.0. The third kappa shape index (κ3) is 2.75. The number of aliphatic hydroxyl groups excluding tert-OH is 1. The normalized spacial score (nSPS) is 10.4. The number of benzene rings is 1. The number of aliphatic hydroxyl groups is 1. The number of ether oxygens (including phenoxy) is 2. The Morgan fingerprint density at radius 3 is 2.83 bits per heavy atom. The van der Waals surface area contributed by atoms with Crippen molar-refractivity contribution in [2.24, 2.45) is 7.05 Å². The average Bonchev–Trinajstić information content (AvgIpc) is 2.82. The monoisotopic (exact) mass is 250 g/mol. The molecule has 0 fully saturated rings. The molecule has 18 heavy (non-hydrogen) atoms. The molecule has 0 saturated heterocycles. The van der Waals surface area contributed by atoms with Crippen LogP contribution in [-0.2, 0) is 20.3 Å². The van der Waals surface area contributed by atoms with Gasteiger partial charge in [-0.2, -0.15) is 4.80 Å². The highest BCUT2D eigenvalue weighted by Gasteiger charge is 2.07. The highest BCUT2D eigenvalue weighted by molar-refractivity contribution is 5.39. The fourth-order valence-electron chi connectivity index (χ4n) is 1.47. The van der Waals surface area contributed by atoms with Gasteiger partial charge in [0.25, 0.3) is 0 Å². The number of aryl methyl sites for hydroxylation is 1. The van der Waals surface area contributed by atoms with E-state index < -0.39 is 0 Å². The van der Waals surface area contributed by atoms with Gasteiger partial charge < -0.3 is 14.6 Å². The predicted molar refractivity (Wildman–Crippen MR) is 62.0 cm³/mol. The summed E-state index contributed by atoms with van der Waals surface area (Å²) >= 11 is 0. The molecule has 1 heterocycles. The first-order valence-corrected chi connectivity index (χ1v) is 5.36. The molecule has 1 N–H and O–H groups in total. The smallest absolute Gasteiger partial charge is 0.212 e. The van der Waals surface area contributed by atoms with Crippen LogP contribution in [0.3, 0.4) is 0 Å². The van der Waals surface area contributed by atoms with Crippen LogP contribution in [0.25, 0.3) is 0 Å². The largest absolute Gasteiger partial charge is 0.497 e. The SMILES string of the molecule is COc1ccc(OCc2nnn(C)n2)c(CO)c1. The molecular weight excluding hydrogens is 236 g/mol. The molecule has 7 nitrogen and oxygen atoms in total. The molecule has 0 spiro atoms. The Balaban J connectivity index is 2.08. The second-order valence-electron chi connectivity index (χ2n) is 3.62. The van der Waals surface area contributed by atoms with Gasteiger partial charge in [0.15, 0.2) is 6.61 Å². The van der Waals surface area contributed by atoms with Crippen molar-refractivity contribution in [3.05, 3.63) is 29.6 Å². The van der Waals surface area contributed by atoms with Crippen LogP contribution in [0.2, 0.25) is 0 Å². The summed E-state index contributed by atoms with van der Waals surface area (Å²) in [6, 6.07) is 5.22. The molecule has 7 heteroatoms. The lowest BCUT2D eigenvalue weighted by Gasteiger charge is -2.09. The van der Waals surface area contributed by atoms with Crippen molar-refractivity contribution in [1.29, 1.82) is 0 Å². The second kappa shape index (κ2) is 5.46. The predicted octanol–water partition coefficient (Wildman–Crippen LogP) is 0.290. The van der Waals surface area contributed by atoms with E-state index in [1.807, 2.05) is 0 Å². The molecule has 0 aliphatic carbocycles. The van der Waals surface area contributed by atoms with Crippen LogP contribution in [0, 0.1) is 0 Å². The van der Waals surface area contributed by atoms with Crippen LogP contribution in [0.15, 0.2) is 18.2 Å². The van der Waals surface area contributed by atoms with Crippen LogP contribution >= 0.6 is 0 Å². The van der Waals surface area contributed by atoms with Crippen LogP contribution in [0.4, 0.5) is 0 Å². The van der Waals surface area contributed by atoms with Crippen LogP contribution in [0.1, 0.15) is 11.4 Å². The van der Waals surface area contributed by atoms with Gasteiger partial charge in [0.05, 0.1) is 20.8 Å². The lowest BCUT2D eigenvalue weighted by atomic mass is 10.2. The minimum absolute atomic E-state index is 0.125. The molecule has 0 amide bonds. The molecule has 96 valence electrons. The Hall–Kier alpha value is -2.15. The van der Waals surface area contributed by atoms with E-state index in [1.54, 1.807) is 32.4 Å². The molecule has 0 atom stereocenters. The maximum absolute atomic E-state index is 9.26. The van der Waals surface area contributed by atoms with E-state index in [-0.39, 0.29) is 13.2 Å². The quantitative estimate of drug-likeness (QED) is 0.821. The zero-order valence-electron chi connectivity index (χ0n) is 10.2. The minimum atomic E-state index is -0.125. The summed E-state index contributed by atoms with van der Waals surface area (Å²) in [7, 11) is 3.25. The number of rotatable bonds is 5. The fraction of sp³-hybridized carbons (Fsp3) is 0.364. The highest BCUT2D eigenvalue weighted by atomic mass is 16.5. The summed E-state index contributed by atoms with van der Waals surface area (Å²) in [4.78, 5) is 1.36. The number of hydrogen-bond acceptors (Lipinski definition) is 6. The lowest BCUT2D eigenvalue weighted by molar-refractivity contribution is 0.254. The van der Waals surface area contributed by atoms with Crippen molar-refractivity contribution in [1.82, 2.24) is 20.2 Å². The van der Waals surface area contributed by atoms with Gasteiger partial charge in [0.2, 0.25) is 5.82 Å². The summed E-state index contributed by atoms with van der Waals surface area (Å²) in [5, 5.41) is 20.8. The van der Waals surface area contributed by atoms with Gasteiger partial charge in [-0.1, -0.05) is 0 Å². The van der Waals surface area contributed by atoms with E-state index in [2.05, 4.69) is 15.4 Å². The molecule has 0 radical (unpaired) electrons. The molecule has 2 rings (SSSR count). The maximum Gasteiger partial charge on any atom is 0.212 e. The molecule has 0 bridgehead atoms. The van der Waals surface area contributed by atoms with Gasteiger partial charge in [-0.25, -0.2) is 0 Å². The van der Waals surface area contributed by atoms with Gasteiger partial charge in [-0.15, -0.1) is 10.2 Å². The standard InChI is InChI=1S/C11H14N4O3/c1-15-13-11(12-14-15)7-18-10-4-3-9(17-2)5-8(10)6-16/h3-5,16H,6-7H2,1-2H3. The minimum Gasteiger partial charge on any atom is -0.497 e. The van der Waals surface area contributed by atoms with E-state index in [1.165, 1.54) is 4.80 Å². The number of methoxy groups -OCH3 is 1. The first-order valence-electron chi connectivity index (χ1n) is 5.36. The number of tetrazole rings is 1. The Labute approximate surface area is 104 Å². The summed E-state index contributed by atoms with van der Waals surface area (Å²) in [6.45, 7) is 0.0770. The molecule has 0 aliphatic heterocycles. The molecule has 1 aromatic heterocycles. The van der Waals surface area contributed by atoms with Crippen molar-refractivity contribution < 1.29 is 14.6 Å². The van der Waals surface area contributed by atoms with Crippen molar-refractivity contribution in [3.63, 3.8) is 0 Å². The van der Waals surface area contributed by atoms with Crippen LogP contribution in [0.5, 0.6) is 11.5 Å². The van der Waals surface area contributed by atoms with Gasteiger partial charge in [-0.05, 0) is 23.4 Å². The van der Waals surface area contributed by atoms with E-state index in [4.69, 9.17) is 9.47 Å². The van der Waals surface area contributed by atoms with Crippen LogP contribution < -0.4 is 9.47 Å². The molecular formula is C11H14N4O3. The summed E-state index contributed by atoms with van der Waals surface area (Å²) in [6.07, 6.45) is 0. The number of hydrogen-bond donors (Lipinski definition) is 1. The third-order valence-corrected chi connectivity index (χ3v) is 2.34.